The van der Waals surface area contributed by atoms with Crippen LogP contribution in [0.2, 0.25) is 5.02 Å². The number of benzene rings is 1. The average Bonchev–Trinajstić information content (AvgIpc) is 2.36. The van der Waals surface area contributed by atoms with E-state index in [1.165, 1.54) is 12.1 Å². The van der Waals surface area contributed by atoms with Crippen molar-refractivity contribution in [3.8, 4) is 0 Å². The lowest BCUT2D eigenvalue weighted by Gasteiger charge is -2.18. The monoisotopic (exact) mass is 290 g/mol. The molecule has 0 spiro atoms. The molecule has 102 valence electrons. The SMILES string of the molecule is CCC(C)SCC(Cc1ccc(F)cc1Cl)NN. The quantitative estimate of drug-likeness (QED) is 0.597. The highest BCUT2D eigenvalue weighted by Crippen LogP contribution is 2.21. The van der Waals surface area contributed by atoms with E-state index in [1.807, 2.05) is 11.8 Å². The van der Waals surface area contributed by atoms with Crippen LogP contribution in [0, 0.1) is 5.82 Å². The maximum absolute atomic E-state index is 12.9. The van der Waals surface area contributed by atoms with Crippen LogP contribution in [0.5, 0.6) is 0 Å². The van der Waals surface area contributed by atoms with Crippen molar-refractivity contribution in [2.24, 2.45) is 5.84 Å². The van der Waals surface area contributed by atoms with Crippen molar-refractivity contribution in [3.63, 3.8) is 0 Å². The summed E-state index contributed by atoms with van der Waals surface area (Å²) in [5, 5.41) is 1.08. The molecule has 0 amide bonds. The van der Waals surface area contributed by atoms with Crippen LogP contribution in [0.1, 0.15) is 25.8 Å². The fraction of sp³-hybridized carbons (Fsp3) is 0.538. The number of hydrazine groups is 1. The highest BCUT2D eigenvalue weighted by molar-refractivity contribution is 7.99. The third kappa shape index (κ3) is 5.14. The molecule has 5 heteroatoms. The molecule has 0 radical (unpaired) electrons. The molecule has 0 saturated heterocycles. The Morgan fingerprint density at radius 3 is 2.78 bits per heavy atom. The highest BCUT2D eigenvalue weighted by atomic mass is 35.5. The summed E-state index contributed by atoms with van der Waals surface area (Å²) in [6.07, 6.45) is 1.85. The third-order valence-corrected chi connectivity index (χ3v) is 4.72. The molecule has 2 atom stereocenters. The Hall–Kier alpha value is -0.290. The predicted octanol–water partition coefficient (Wildman–Crippen LogP) is 3.39. The summed E-state index contributed by atoms with van der Waals surface area (Å²) in [6, 6.07) is 4.63. The van der Waals surface area contributed by atoms with E-state index in [4.69, 9.17) is 17.4 Å². The summed E-state index contributed by atoms with van der Waals surface area (Å²) in [5.41, 5.74) is 3.72. The van der Waals surface area contributed by atoms with Gasteiger partial charge < -0.3 is 0 Å². The van der Waals surface area contributed by atoms with Crippen LogP contribution in [-0.4, -0.2) is 17.0 Å². The van der Waals surface area contributed by atoms with Crippen LogP contribution in [0.25, 0.3) is 0 Å². The van der Waals surface area contributed by atoms with Gasteiger partial charge in [-0.2, -0.15) is 11.8 Å². The van der Waals surface area contributed by atoms with Gasteiger partial charge in [-0.15, -0.1) is 0 Å². The van der Waals surface area contributed by atoms with E-state index in [0.717, 1.165) is 17.7 Å². The number of halogens is 2. The zero-order valence-electron chi connectivity index (χ0n) is 10.7. The molecule has 0 fully saturated rings. The zero-order valence-corrected chi connectivity index (χ0v) is 12.3. The Morgan fingerprint density at radius 2 is 2.22 bits per heavy atom. The first-order valence-corrected chi connectivity index (χ1v) is 7.51. The first-order chi connectivity index (χ1) is 8.56. The maximum atomic E-state index is 12.9. The lowest BCUT2D eigenvalue weighted by Crippen LogP contribution is -2.39. The van der Waals surface area contributed by atoms with Gasteiger partial charge in [-0.3, -0.25) is 11.3 Å². The van der Waals surface area contributed by atoms with Gasteiger partial charge in [-0.1, -0.05) is 31.5 Å². The molecular formula is C13H20ClFN2S. The van der Waals surface area contributed by atoms with E-state index >= 15 is 0 Å². The largest absolute Gasteiger partial charge is 0.271 e. The number of nitrogens with two attached hydrogens (primary N) is 1. The predicted molar refractivity (Wildman–Crippen MR) is 78.4 cm³/mol. The Kier molecular flexibility index (Phi) is 7.00. The van der Waals surface area contributed by atoms with Gasteiger partial charge in [0.05, 0.1) is 0 Å². The van der Waals surface area contributed by atoms with Gasteiger partial charge in [-0.25, -0.2) is 4.39 Å². The van der Waals surface area contributed by atoms with Crippen LogP contribution in [0.4, 0.5) is 4.39 Å². The van der Waals surface area contributed by atoms with Gasteiger partial charge in [0.2, 0.25) is 0 Å². The molecule has 0 aliphatic rings. The number of rotatable bonds is 7. The molecule has 2 nitrogen and oxygen atoms in total. The molecule has 1 aromatic rings. The molecule has 1 rings (SSSR count). The lowest BCUT2D eigenvalue weighted by molar-refractivity contribution is 0.573. The topological polar surface area (TPSA) is 38.0 Å². The Bertz CT molecular complexity index is 376. The lowest BCUT2D eigenvalue weighted by atomic mass is 10.1. The highest BCUT2D eigenvalue weighted by Gasteiger charge is 2.12. The van der Waals surface area contributed by atoms with Crippen molar-refractivity contribution in [2.75, 3.05) is 5.75 Å². The minimum absolute atomic E-state index is 0.145. The molecule has 2 unspecified atom stereocenters. The average molecular weight is 291 g/mol. The second-order valence-electron chi connectivity index (χ2n) is 4.36. The normalized spacial score (nSPS) is 14.5. The van der Waals surface area contributed by atoms with E-state index < -0.39 is 0 Å². The summed E-state index contributed by atoms with van der Waals surface area (Å²) in [6.45, 7) is 4.36. The molecule has 0 heterocycles. The molecule has 0 aromatic heterocycles. The van der Waals surface area contributed by atoms with Gasteiger partial charge >= 0.3 is 0 Å². The van der Waals surface area contributed by atoms with Crippen LogP contribution in [-0.2, 0) is 6.42 Å². The zero-order chi connectivity index (χ0) is 13.5. The summed E-state index contributed by atoms with van der Waals surface area (Å²) in [4.78, 5) is 0. The van der Waals surface area contributed by atoms with E-state index in [0.29, 0.717) is 16.7 Å². The van der Waals surface area contributed by atoms with Crippen LogP contribution >= 0.6 is 23.4 Å². The Morgan fingerprint density at radius 1 is 1.50 bits per heavy atom. The summed E-state index contributed by atoms with van der Waals surface area (Å²) < 4.78 is 12.9. The van der Waals surface area contributed by atoms with Crippen molar-refractivity contribution in [1.29, 1.82) is 0 Å². The number of thioether (sulfide) groups is 1. The fourth-order valence-corrected chi connectivity index (χ4v) is 2.77. The molecule has 3 N–H and O–H groups in total. The van der Waals surface area contributed by atoms with Crippen LogP contribution < -0.4 is 11.3 Å². The molecule has 1 aromatic carbocycles. The number of nitrogens with one attached hydrogen (secondary N) is 1. The molecular weight excluding hydrogens is 271 g/mol. The molecule has 0 aliphatic carbocycles. The summed E-state index contributed by atoms with van der Waals surface area (Å²) >= 11 is 7.88. The third-order valence-electron chi connectivity index (χ3n) is 2.87. The standard InChI is InChI=1S/C13H20ClFN2S/c1-3-9(2)18-8-12(17-16)6-10-4-5-11(15)7-13(10)14/h4-5,7,9,12,17H,3,6,8,16H2,1-2H3. The van der Waals surface area contributed by atoms with E-state index in [1.54, 1.807) is 6.07 Å². The van der Waals surface area contributed by atoms with Crippen molar-refractivity contribution in [2.45, 2.75) is 38.0 Å². The second kappa shape index (κ2) is 8.00. The first-order valence-electron chi connectivity index (χ1n) is 6.08. The molecule has 0 saturated carbocycles. The fourth-order valence-electron chi connectivity index (χ4n) is 1.52. The van der Waals surface area contributed by atoms with Crippen molar-refractivity contribution in [1.82, 2.24) is 5.43 Å². The minimum atomic E-state index is -0.310. The van der Waals surface area contributed by atoms with Gasteiger partial charge in [0, 0.05) is 22.1 Å². The Balaban J connectivity index is 2.56. The van der Waals surface area contributed by atoms with Crippen molar-refractivity contribution < 1.29 is 4.39 Å². The van der Waals surface area contributed by atoms with Gasteiger partial charge in [-0.05, 0) is 30.5 Å². The minimum Gasteiger partial charge on any atom is -0.271 e. The maximum Gasteiger partial charge on any atom is 0.124 e. The van der Waals surface area contributed by atoms with E-state index in [2.05, 4.69) is 19.3 Å². The van der Waals surface area contributed by atoms with E-state index in [9.17, 15) is 4.39 Å². The first kappa shape index (κ1) is 15.8. The number of hydrogen-bond donors (Lipinski definition) is 2. The number of hydrogen-bond acceptors (Lipinski definition) is 3. The van der Waals surface area contributed by atoms with Gasteiger partial charge in [0.15, 0.2) is 0 Å². The second-order valence-corrected chi connectivity index (χ2v) is 6.23. The summed E-state index contributed by atoms with van der Waals surface area (Å²) in [7, 11) is 0. The van der Waals surface area contributed by atoms with Gasteiger partial charge in [0.25, 0.3) is 0 Å². The van der Waals surface area contributed by atoms with Crippen LogP contribution in [0.3, 0.4) is 0 Å². The van der Waals surface area contributed by atoms with Crippen molar-refractivity contribution >= 4 is 23.4 Å². The van der Waals surface area contributed by atoms with Crippen LogP contribution in [0.15, 0.2) is 18.2 Å². The molecule has 0 aliphatic heterocycles. The Labute approximate surface area is 117 Å². The molecule has 18 heavy (non-hydrogen) atoms. The van der Waals surface area contributed by atoms with Crippen molar-refractivity contribution in [3.05, 3.63) is 34.6 Å². The smallest absolute Gasteiger partial charge is 0.124 e. The van der Waals surface area contributed by atoms with E-state index in [-0.39, 0.29) is 11.9 Å². The summed E-state index contributed by atoms with van der Waals surface area (Å²) in [5.74, 6) is 6.15. The van der Waals surface area contributed by atoms with Gasteiger partial charge in [0.1, 0.15) is 5.82 Å². The molecule has 0 bridgehead atoms.